The fourth-order valence-electron chi connectivity index (χ4n) is 1.38. The fraction of sp³-hybridized carbons (Fsp3) is 0.857. The summed E-state index contributed by atoms with van der Waals surface area (Å²) in [6.07, 6.45) is 2.97. The molecule has 2 N–H and O–H groups in total. The van der Waals surface area contributed by atoms with Crippen molar-refractivity contribution < 1.29 is 18.3 Å². The standard InChI is InChI=1S/C7H14N2O4S/c10-7(11)6-14(12,13)8-9-4-2-1-3-5-9/h8H,1-6H2,(H,10,11). The number of aliphatic carboxylic acids is 1. The van der Waals surface area contributed by atoms with E-state index >= 15 is 0 Å². The van der Waals surface area contributed by atoms with Gasteiger partial charge in [-0.1, -0.05) is 6.42 Å². The maximum atomic E-state index is 11.2. The van der Waals surface area contributed by atoms with Crippen LogP contribution >= 0.6 is 0 Å². The second kappa shape index (κ2) is 4.72. The Labute approximate surface area is 82.9 Å². The molecule has 1 fully saturated rings. The summed E-state index contributed by atoms with van der Waals surface area (Å²) in [4.78, 5) is 12.5. The van der Waals surface area contributed by atoms with Gasteiger partial charge in [-0.3, -0.25) is 4.79 Å². The SMILES string of the molecule is O=C(O)CS(=O)(=O)NN1CCCCC1. The van der Waals surface area contributed by atoms with E-state index in [4.69, 9.17) is 5.11 Å². The maximum absolute atomic E-state index is 11.2. The highest BCUT2D eigenvalue weighted by Gasteiger charge is 2.20. The molecule has 0 aliphatic carbocycles. The van der Waals surface area contributed by atoms with Crippen LogP contribution in [0.2, 0.25) is 0 Å². The number of hydrogen-bond donors (Lipinski definition) is 2. The van der Waals surface area contributed by atoms with Crippen LogP contribution in [-0.4, -0.2) is 43.3 Å². The molecule has 1 aliphatic rings. The number of nitrogens with zero attached hydrogens (tertiary/aromatic N) is 1. The zero-order valence-corrected chi connectivity index (χ0v) is 8.59. The first-order valence-corrected chi connectivity index (χ1v) is 6.12. The zero-order valence-electron chi connectivity index (χ0n) is 7.77. The Kier molecular flexibility index (Phi) is 3.85. The fourth-order valence-corrected chi connectivity index (χ4v) is 2.34. The van der Waals surface area contributed by atoms with Crippen molar-refractivity contribution in [2.24, 2.45) is 0 Å². The van der Waals surface area contributed by atoms with Crippen LogP contribution in [0.3, 0.4) is 0 Å². The summed E-state index contributed by atoms with van der Waals surface area (Å²) < 4.78 is 22.4. The third kappa shape index (κ3) is 4.03. The Morgan fingerprint density at radius 1 is 1.29 bits per heavy atom. The van der Waals surface area contributed by atoms with Crippen LogP contribution in [0.25, 0.3) is 0 Å². The molecule has 0 aromatic carbocycles. The Bertz CT molecular complexity index is 295. The molecule has 1 aliphatic heterocycles. The highest BCUT2D eigenvalue weighted by Crippen LogP contribution is 2.06. The van der Waals surface area contributed by atoms with Gasteiger partial charge >= 0.3 is 5.97 Å². The predicted octanol–water partition coefficient (Wildman–Crippen LogP) is -0.609. The second-order valence-electron chi connectivity index (χ2n) is 3.29. The van der Waals surface area contributed by atoms with Gasteiger partial charge in [0.25, 0.3) is 0 Å². The summed E-state index contributed by atoms with van der Waals surface area (Å²) in [7, 11) is -3.70. The normalized spacial score (nSPS) is 19.4. The number of carboxylic acids is 1. The van der Waals surface area contributed by atoms with E-state index in [9.17, 15) is 13.2 Å². The first-order chi connectivity index (χ1) is 6.49. The lowest BCUT2D eigenvalue weighted by atomic mass is 10.2. The van der Waals surface area contributed by atoms with Gasteiger partial charge in [0, 0.05) is 13.1 Å². The molecule has 0 aromatic rings. The van der Waals surface area contributed by atoms with Crippen LogP contribution in [0.15, 0.2) is 0 Å². The molecule has 6 nitrogen and oxygen atoms in total. The molecular weight excluding hydrogens is 208 g/mol. The smallest absolute Gasteiger partial charge is 0.320 e. The number of carbonyl (C=O) groups is 1. The minimum Gasteiger partial charge on any atom is -0.480 e. The van der Waals surface area contributed by atoms with Crippen molar-refractivity contribution in [3.05, 3.63) is 0 Å². The Balaban J connectivity index is 2.45. The van der Waals surface area contributed by atoms with Crippen LogP contribution in [0.5, 0.6) is 0 Å². The average Bonchev–Trinajstić information content (AvgIpc) is 2.02. The number of carboxylic acid groups (broad SMARTS) is 1. The summed E-state index contributed by atoms with van der Waals surface area (Å²) in [5, 5.41) is 9.90. The predicted molar refractivity (Wildman–Crippen MR) is 50.0 cm³/mol. The van der Waals surface area contributed by atoms with Crippen molar-refractivity contribution >= 4 is 16.0 Å². The van der Waals surface area contributed by atoms with E-state index in [0.717, 1.165) is 19.3 Å². The average molecular weight is 222 g/mol. The lowest BCUT2D eigenvalue weighted by Crippen LogP contribution is -2.46. The van der Waals surface area contributed by atoms with E-state index in [1.54, 1.807) is 5.01 Å². The molecule has 0 radical (unpaired) electrons. The van der Waals surface area contributed by atoms with E-state index in [-0.39, 0.29) is 0 Å². The topological polar surface area (TPSA) is 86.7 Å². The van der Waals surface area contributed by atoms with Crippen LogP contribution in [0, 0.1) is 0 Å². The summed E-state index contributed by atoms with van der Waals surface area (Å²) in [6, 6.07) is 0. The summed E-state index contributed by atoms with van der Waals surface area (Å²) >= 11 is 0. The highest BCUT2D eigenvalue weighted by atomic mass is 32.2. The lowest BCUT2D eigenvalue weighted by Gasteiger charge is -2.26. The minimum absolute atomic E-state index is 0.652. The molecule has 0 unspecified atom stereocenters. The summed E-state index contributed by atoms with van der Waals surface area (Å²) in [6.45, 7) is 1.30. The van der Waals surface area contributed by atoms with Gasteiger partial charge in [0.2, 0.25) is 10.0 Å². The molecule has 14 heavy (non-hydrogen) atoms. The molecule has 0 bridgehead atoms. The van der Waals surface area contributed by atoms with Gasteiger partial charge < -0.3 is 5.11 Å². The van der Waals surface area contributed by atoms with Crippen LogP contribution in [0.4, 0.5) is 0 Å². The van der Waals surface area contributed by atoms with Gasteiger partial charge in [0.05, 0.1) is 0 Å². The molecule has 82 valence electrons. The van der Waals surface area contributed by atoms with Crippen molar-refractivity contribution in [2.75, 3.05) is 18.8 Å². The molecule has 0 spiro atoms. The van der Waals surface area contributed by atoms with Crippen molar-refractivity contribution in [1.29, 1.82) is 0 Å². The number of hydrazine groups is 1. The third-order valence-corrected chi connectivity index (χ3v) is 3.10. The van der Waals surface area contributed by atoms with Crippen molar-refractivity contribution in [3.63, 3.8) is 0 Å². The van der Waals surface area contributed by atoms with Gasteiger partial charge in [-0.15, -0.1) is 4.83 Å². The van der Waals surface area contributed by atoms with Gasteiger partial charge in [0.1, 0.15) is 0 Å². The first kappa shape index (κ1) is 11.4. The number of hydrogen-bond acceptors (Lipinski definition) is 4. The van der Waals surface area contributed by atoms with Gasteiger partial charge in [-0.2, -0.15) is 0 Å². The molecule has 1 rings (SSSR count). The number of rotatable bonds is 4. The Hall–Kier alpha value is -0.660. The second-order valence-corrected chi connectivity index (χ2v) is 4.99. The van der Waals surface area contributed by atoms with Crippen molar-refractivity contribution in [3.8, 4) is 0 Å². The lowest BCUT2D eigenvalue weighted by molar-refractivity contribution is -0.134. The van der Waals surface area contributed by atoms with Crippen molar-refractivity contribution in [2.45, 2.75) is 19.3 Å². The molecule has 0 aromatic heterocycles. The minimum atomic E-state index is -3.70. The van der Waals surface area contributed by atoms with E-state index in [0.29, 0.717) is 13.1 Å². The van der Waals surface area contributed by atoms with E-state index < -0.39 is 21.7 Å². The molecule has 1 heterocycles. The molecule has 0 amide bonds. The van der Waals surface area contributed by atoms with E-state index in [1.807, 2.05) is 0 Å². The summed E-state index contributed by atoms with van der Waals surface area (Å²) in [5.41, 5.74) is 0. The zero-order chi connectivity index (χ0) is 10.6. The molecule has 1 saturated heterocycles. The molecule has 7 heteroatoms. The first-order valence-electron chi connectivity index (χ1n) is 4.46. The third-order valence-electron chi connectivity index (χ3n) is 1.94. The van der Waals surface area contributed by atoms with Crippen LogP contribution < -0.4 is 4.83 Å². The van der Waals surface area contributed by atoms with Crippen LogP contribution in [0.1, 0.15) is 19.3 Å². The largest absolute Gasteiger partial charge is 0.480 e. The van der Waals surface area contributed by atoms with E-state index in [1.165, 1.54) is 0 Å². The number of nitrogens with one attached hydrogen (secondary N) is 1. The highest BCUT2D eigenvalue weighted by molar-refractivity contribution is 7.90. The Morgan fingerprint density at radius 2 is 1.86 bits per heavy atom. The van der Waals surface area contributed by atoms with Gasteiger partial charge in [-0.25, -0.2) is 13.4 Å². The van der Waals surface area contributed by atoms with Gasteiger partial charge in [-0.05, 0) is 12.8 Å². The maximum Gasteiger partial charge on any atom is 0.320 e. The van der Waals surface area contributed by atoms with Crippen LogP contribution in [-0.2, 0) is 14.8 Å². The molecule has 0 atom stereocenters. The number of sulfonamides is 1. The number of piperidine rings is 1. The monoisotopic (exact) mass is 222 g/mol. The Morgan fingerprint density at radius 3 is 2.36 bits per heavy atom. The molecular formula is C7H14N2O4S. The van der Waals surface area contributed by atoms with Gasteiger partial charge in [0.15, 0.2) is 5.75 Å². The quantitative estimate of drug-likeness (QED) is 0.662. The molecule has 0 saturated carbocycles. The summed E-state index contributed by atoms with van der Waals surface area (Å²) in [5.74, 6) is -2.21. The van der Waals surface area contributed by atoms with E-state index in [2.05, 4.69) is 4.83 Å². The van der Waals surface area contributed by atoms with Crippen molar-refractivity contribution in [1.82, 2.24) is 9.84 Å².